The molecule has 0 radical (unpaired) electrons. The monoisotopic (exact) mass is 429 g/mol. The maximum Gasteiger partial charge on any atom is 0.286 e. The molecule has 0 saturated carbocycles. The SMILES string of the molecule is COc1cc(C(=O)Nc2ccc3c(c2)OCC(C)(C)C(=O)N3C)c([N+](=O)[O-])cc1OC. The summed E-state index contributed by atoms with van der Waals surface area (Å²) in [6.45, 7) is 3.74. The summed E-state index contributed by atoms with van der Waals surface area (Å²) >= 11 is 0. The van der Waals surface area contributed by atoms with E-state index in [0.717, 1.165) is 6.07 Å². The quantitative estimate of drug-likeness (QED) is 0.572. The predicted molar refractivity (Wildman–Crippen MR) is 113 cm³/mol. The second-order valence-corrected chi connectivity index (χ2v) is 7.65. The van der Waals surface area contributed by atoms with Crippen molar-refractivity contribution >= 4 is 28.9 Å². The van der Waals surface area contributed by atoms with Crippen molar-refractivity contribution in [2.75, 3.05) is 38.1 Å². The topological polar surface area (TPSA) is 120 Å². The fourth-order valence-corrected chi connectivity index (χ4v) is 3.27. The predicted octanol–water partition coefficient (Wildman–Crippen LogP) is 3.25. The Labute approximate surface area is 178 Å². The summed E-state index contributed by atoms with van der Waals surface area (Å²) in [7, 11) is 4.37. The Morgan fingerprint density at radius 2 is 1.84 bits per heavy atom. The molecule has 3 rings (SSSR count). The van der Waals surface area contributed by atoms with Gasteiger partial charge in [-0.3, -0.25) is 19.7 Å². The normalized spacial score (nSPS) is 14.7. The number of amides is 2. The summed E-state index contributed by atoms with van der Waals surface area (Å²) in [5, 5.41) is 14.1. The maximum absolute atomic E-state index is 12.8. The Morgan fingerprint density at radius 3 is 2.45 bits per heavy atom. The van der Waals surface area contributed by atoms with E-state index >= 15 is 0 Å². The van der Waals surface area contributed by atoms with Gasteiger partial charge in [0.2, 0.25) is 5.91 Å². The molecule has 0 fully saturated rings. The molecular weight excluding hydrogens is 406 g/mol. The molecule has 10 heteroatoms. The number of anilines is 2. The van der Waals surface area contributed by atoms with Crippen LogP contribution < -0.4 is 24.4 Å². The molecule has 2 aromatic carbocycles. The number of carbonyl (C=O) groups is 2. The molecule has 164 valence electrons. The summed E-state index contributed by atoms with van der Waals surface area (Å²) in [6.07, 6.45) is 0. The number of nitro groups is 1. The van der Waals surface area contributed by atoms with Crippen LogP contribution in [0.3, 0.4) is 0 Å². The number of hydrogen-bond acceptors (Lipinski definition) is 7. The summed E-state index contributed by atoms with van der Waals surface area (Å²) < 4.78 is 16.0. The highest BCUT2D eigenvalue weighted by atomic mass is 16.6. The fourth-order valence-electron chi connectivity index (χ4n) is 3.27. The van der Waals surface area contributed by atoms with Crippen LogP contribution in [0.15, 0.2) is 30.3 Å². The minimum atomic E-state index is -0.711. The molecule has 10 nitrogen and oxygen atoms in total. The highest BCUT2D eigenvalue weighted by Gasteiger charge is 2.36. The van der Waals surface area contributed by atoms with E-state index in [1.807, 2.05) is 0 Å². The van der Waals surface area contributed by atoms with Gasteiger partial charge in [-0.15, -0.1) is 0 Å². The highest BCUT2D eigenvalue weighted by molar-refractivity contribution is 6.08. The molecule has 1 aliphatic heterocycles. The second-order valence-electron chi connectivity index (χ2n) is 7.65. The third kappa shape index (κ3) is 4.09. The van der Waals surface area contributed by atoms with Gasteiger partial charge < -0.3 is 24.4 Å². The van der Waals surface area contributed by atoms with Crippen molar-refractivity contribution in [2.24, 2.45) is 5.41 Å². The third-order valence-corrected chi connectivity index (χ3v) is 4.99. The van der Waals surface area contributed by atoms with Crippen LogP contribution in [-0.2, 0) is 4.79 Å². The Balaban J connectivity index is 1.94. The largest absolute Gasteiger partial charge is 0.493 e. The molecular formula is C21H23N3O7. The summed E-state index contributed by atoms with van der Waals surface area (Å²) in [4.78, 5) is 37.7. The van der Waals surface area contributed by atoms with E-state index in [0.29, 0.717) is 17.1 Å². The number of nitrogens with one attached hydrogen (secondary N) is 1. The smallest absolute Gasteiger partial charge is 0.286 e. The van der Waals surface area contributed by atoms with Crippen molar-refractivity contribution < 1.29 is 28.7 Å². The molecule has 1 aliphatic rings. The lowest BCUT2D eigenvalue weighted by Crippen LogP contribution is -2.39. The van der Waals surface area contributed by atoms with Gasteiger partial charge in [-0.05, 0) is 26.0 Å². The van der Waals surface area contributed by atoms with Crippen LogP contribution >= 0.6 is 0 Å². The van der Waals surface area contributed by atoms with Gasteiger partial charge in [-0.1, -0.05) is 0 Å². The molecule has 1 N–H and O–H groups in total. The number of fused-ring (bicyclic) bond motifs is 1. The van der Waals surface area contributed by atoms with Gasteiger partial charge in [-0.2, -0.15) is 0 Å². The van der Waals surface area contributed by atoms with Gasteiger partial charge in [0.25, 0.3) is 11.6 Å². The Hall–Kier alpha value is -3.82. The number of carbonyl (C=O) groups excluding carboxylic acids is 2. The van der Waals surface area contributed by atoms with Gasteiger partial charge in [0.15, 0.2) is 11.5 Å². The lowest BCUT2D eigenvalue weighted by atomic mass is 9.93. The minimum absolute atomic E-state index is 0.0935. The molecule has 0 spiro atoms. The van der Waals surface area contributed by atoms with Crippen molar-refractivity contribution in [2.45, 2.75) is 13.8 Å². The van der Waals surface area contributed by atoms with Crippen LogP contribution in [0, 0.1) is 15.5 Å². The number of benzene rings is 2. The van der Waals surface area contributed by atoms with E-state index in [4.69, 9.17) is 14.2 Å². The zero-order valence-corrected chi connectivity index (χ0v) is 17.8. The number of methoxy groups -OCH3 is 2. The van der Waals surface area contributed by atoms with Crippen LogP contribution in [0.4, 0.5) is 17.1 Å². The minimum Gasteiger partial charge on any atom is -0.493 e. The fraction of sp³-hybridized carbons (Fsp3) is 0.333. The van der Waals surface area contributed by atoms with Gasteiger partial charge in [-0.25, -0.2) is 0 Å². The zero-order valence-electron chi connectivity index (χ0n) is 17.8. The Kier molecular flexibility index (Phi) is 5.74. The summed E-state index contributed by atoms with van der Waals surface area (Å²) in [5.41, 5.74) is -0.406. The first kappa shape index (κ1) is 21.9. The molecule has 0 bridgehead atoms. The molecule has 0 aliphatic carbocycles. The van der Waals surface area contributed by atoms with Gasteiger partial charge in [0.1, 0.15) is 17.9 Å². The Bertz CT molecular complexity index is 1070. The number of ether oxygens (including phenoxy) is 3. The lowest BCUT2D eigenvalue weighted by Gasteiger charge is -2.24. The van der Waals surface area contributed by atoms with Gasteiger partial charge in [0, 0.05) is 24.9 Å². The van der Waals surface area contributed by atoms with Crippen LogP contribution in [0.5, 0.6) is 17.2 Å². The molecule has 0 unspecified atom stereocenters. The number of hydrogen-bond donors (Lipinski definition) is 1. The van der Waals surface area contributed by atoms with Crippen LogP contribution in [0.2, 0.25) is 0 Å². The van der Waals surface area contributed by atoms with Crippen LogP contribution in [-0.4, -0.2) is 44.6 Å². The maximum atomic E-state index is 12.8. The lowest BCUT2D eigenvalue weighted by molar-refractivity contribution is -0.385. The van der Waals surface area contributed by atoms with Crippen molar-refractivity contribution in [3.8, 4) is 17.2 Å². The van der Waals surface area contributed by atoms with Crippen molar-refractivity contribution in [1.82, 2.24) is 0 Å². The van der Waals surface area contributed by atoms with E-state index in [2.05, 4.69) is 5.32 Å². The molecule has 2 aromatic rings. The van der Waals surface area contributed by atoms with Crippen molar-refractivity contribution in [3.63, 3.8) is 0 Å². The number of nitrogens with zero attached hydrogens (tertiary/aromatic N) is 2. The molecule has 0 saturated heterocycles. The van der Waals surface area contributed by atoms with Crippen molar-refractivity contribution in [1.29, 1.82) is 0 Å². The average molecular weight is 429 g/mol. The van der Waals surface area contributed by atoms with Crippen LogP contribution in [0.25, 0.3) is 0 Å². The van der Waals surface area contributed by atoms with Gasteiger partial charge in [0.05, 0.1) is 36.3 Å². The van der Waals surface area contributed by atoms with E-state index in [1.54, 1.807) is 39.1 Å². The zero-order chi connectivity index (χ0) is 22.9. The van der Waals surface area contributed by atoms with Crippen LogP contribution in [0.1, 0.15) is 24.2 Å². The molecule has 2 amide bonds. The molecule has 1 heterocycles. The third-order valence-electron chi connectivity index (χ3n) is 4.99. The average Bonchev–Trinajstić information content (AvgIpc) is 2.82. The van der Waals surface area contributed by atoms with E-state index in [-0.39, 0.29) is 29.6 Å². The summed E-state index contributed by atoms with van der Waals surface area (Å²) in [6, 6.07) is 7.20. The van der Waals surface area contributed by atoms with E-state index in [1.165, 1.54) is 25.2 Å². The first-order valence-electron chi connectivity index (χ1n) is 9.36. The Morgan fingerprint density at radius 1 is 1.19 bits per heavy atom. The number of rotatable bonds is 5. The van der Waals surface area contributed by atoms with E-state index < -0.39 is 21.9 Å². The number of nitro benzene ring substituents is 1. The molecule has 0 atom stereocenters. The van der Waals surface area contributed by atoms with Crippen molar-refractivity contribution in [3.05, 3.63) is 46.0 Å². The molecule has 0 aromatic heterocycles. The first-order chi connectivity index (χ1) is 14.6. The first-order valence-corrected chi connectivity index (χ1v) is 9.36. The summed E-state index contributed by atoms with van der Waals surface area (Å²) in [5.74, 6) is -0.0543. The second kappa shape index (κ2) is 8.13. The van der Waals surface area contributed by atoms with Gasteiger partial charge >= 0.3 is 0 Å². The highest BCUT2D eigenvalue weighted by Crippen LogP contribution is 2.38. The molecule has 31 heavy (non-hydrogen) atoms. The van der Waals surface area contributed by atoms with E-state index in [9.17, 15) is 19.7 Å². The standard InChI is InChI=1S/C21H23N3O7/c1-21(2)11-31-16-8-12(6-7-14(16)23(3)20(21)26)22-19(25)13-9-17(29-4)18(30-5)10-15(13)24(27)28/h6-10H,11H2,1-5H3,(H,22,25).